The highest BCUT2D eigenvalue weighted by Gasteiger charge is 2.28. The maximum atomic E-state index is 11.5. The van der Waals surface area contributed by atoms with E-state index in [2.05, 4.69) is 15.9 Å². The highest BCUT2D eigenvalue weighted by Crippen LogP contribution is 2.33. The molecule has 1 aliphatic heterocycles. The molecule has 0 aliphatic carbocycles. The first-order valence-electron chi connectivity index (χ1n) is 7.42. The fourth-order valence-corrected chi connectivity index (χ4v) is 3.32. The van der Waals surface area contributed by atoms with Crippen molar-refractivity contribution >= 4 is 39.1 Å². The van der Waals surface area contributed by atoms with Gasteiger partial charge in [-0.05, 0) is 46.3 Å². The van der Waals surface area contributed by atoms with Crippen molar-refractivity contribution in [1.29, 1.82) is 0 Å². The van der Waals surface area contributed by atoms with Crippen molar-refractivity contribution in [3.63, 3.8) is 0 Å². The van der Waals surface area contributed by atoms with Crippen LogP contribution in [0.4, 0.5) is 5.69 Å². The van der Waals surface area contributed by atoms with Crippen LogP contribution in [0.25, 0.3) is 0 Å². The lowest BCUT2D eigenvalue weighted by atomic mass is 10.2. The third-order valence-electron chi connectivity index (χ3n) is 3.69. The minimum Gasteiger partial charge on any atom is -0.491 e. The Hall–Kier alpha value is -1.92. The molecular formula is C17H16BrClN2O3. The number of primary amides is 1. The molecule has 0 saturated heterocycles. The van der Waals surface area contributed by atoms with Crippen LogP contribution in [0, 0.1) is 0 Å². The quantitative estimate of drug-likeness (QED) is 0.820. The summed E-state index contributed by atoms with van der Waals surface area (Å²) in [5.41, 5.74) is 6.32. The number of benzene rings is 2. The van der Waals surface area contributed by atoms with E-state index >= 15 is 0 Å². The predicted molar refractivity (Wildman–Crippen MR) is 96.9 cm³/mol. The monoisotopic (exact) mass is 410 g/mol. The molecule has 0 radical (unpaired) electrons. The summed E-state index contributed by atoms with van der Waals surface area (Å²) in [5, 5.41) is 0.639. The number of anilines is 1. The minimum atomic E-state index is -0.665. The van der Waals surface area contributed by atoms with E-state index in [9.17, 15) is 4.79 Å². The zero-order chi connectivity index (χ0) is 17.1. The van der Waals surface area contributed by atoms with Gasteiger partial charge in [0.25, 0.3) is 5.91 Å². The molecule has 0 saturated carbocycles. The van der Waals surface area contributed by atoms with Gasteiger partial charge in [-0.3, -0.25) is 4.79 Å². The smallest absolute Gasteiger partial charge is 0.260 e. The number of hydrogen-bond donors (Lipinski definition) is 1. The Morgan fingerprint density at radius 2 is 2.17 bits per heavy atom. The van der Waals surface area contributed by atoms with Gasteiger partial charge in [-0.25, -0.2) is 0 Å². The third kappa shape index (κ3) is 3.76. The van der Waals surface area contributed by atoms with Crippen molar-refractivity contribution in [3.8, 4) is 11.5 Å². The fourth-order valence-electron chi connectivity index (χ4n) is 2.52. The Bertz CT molecular complexity index is 756. The Morgan fingerprint density at radius 3 is 2.92 bits per heavy atom. The first-order valence-corrected chi connectivity index (χ1v) is 8.59. The lowest BCUT2D eigenvalue weighted by Crippen LogP contribution is -2.48. The van der Waals surface area contributed by atoms with E-state index in [0.717, 1.165) is 10.2 Å². The molecule has 0 unspecified atom stereocenters. The van der Waals surface area contributed by atoms with Crippen LogP contribution in [0.1, 0.15) is 0 Å². The van der Waals surface area contributed by atoms with Crippen molar-refractivity contribution < 1.29 is 14.3 Å². The molecule has 2 aromatic carbocycles. The van der Waals surface area contributed by atoms with Crippen LogP contribution in [0.2, 0.25) is 5.02 Å². The second kappa shape index (κ2) is 7.32. The summed E-state index contributed by atoms with van der Waals surface area (Å²) in [7, 11) is 0. The van der Waals surface area contributed by atoms with Gasteiger partial charge in [-0.1, -0.05) is 23.7 Å². The van der Waals surface area contributed by atoms with Gasteiger partial charge in [-0.15, -0.1) is 0 Å². The fraction of sp³-hybridized carbons (Fsp3) is 0.235. The van der Waals surface area contributed by atoms with E-state index in [1.807, 2.05) is 35.2 Å². The number of amides is 1. The number of hydrogen-bond acceptors (Lipinski definition) is 4. The molecule has 1 aliphatic rings. The summed E-state index contributed by atoms with van der Waals surface area (Å²) < 4.78 is 12.2. The molecule has 24 heavy (non-hydrogen) atoms. The van der Waals surface area contributed by atoms with Gasteiger partial charge < -0.3 is 20.1 Å². The summed E-state index contributed by atoms with van der Waals surface area (Å²) >= 11 is 9.35. The first-order chi connectivity index (χ1) is 11.5. The summed E-state index contributed by atoms with van der Waals surface area (Å²) in [6.07, 6.45) is -0.665. The average Bonchev–Trinajstić information content (AvgIpc) is 2.56. The molecule has 5 nitrogen and oxygen atoms in total. The van der Waals surface area contributed by atoms with Gasteiger partial charge in [0, 0.05) is 5.02 Å². The number of ether oxygens (including phenoxy) is 2. The Morgan fingerprint density at radius 1 is 1.38 bits per heavy atom. The molecule has 7 heteroatoms. The molecular weight excluding hydrogens is 396 g/mol. The molecule has 0 bridgehead atoms. The standard InChI is InChI=1S/C17H16BrClN2O3/c18-12-9-11(19)5-6-14(12)23-8-7-21-10-16(17(20)22)24-15-4-2-1-3-13(15)21/h1-6,9,16H,7-8,10H2,(H2,20,22)/t16-/m0/s1. The maximum Gasteiger partial charge on any atom is 0.260 e. The normalized spacial score (nSPS) is 16.2. The lowest BCUT2D eigenvalue weighted by Gasteiger charge is -2.34. The molecule has 0 fully saturated rings. The second-order valence-corrected chi connectivity index (χ2v) is 6.64. The number of rotatable bonds is 5. The van der Waals surface area contributed by atoms with Crippen LogP contribution >= 0.6 is 27.5 Å². The molecule has 1 heterocycles. The predicted octanol–water partition coefficient (Wildman–Crippen LogP) is 3.23. The highest BCUT2D eigenvalue weighted by atomic mass is 79.9. The van der Waals surface area contributed by atoms with Crippen molar-refractivity contribution in [3.05, 3.63) is 52.0 Å². The number of carbonyl (C=O) groups is 1. The van der Waals surface area contributed by atoms with E-state index in [1.54, 1.807) is 12.1 Å². The molecule has 126 valence electrons. The number of nitrogens with zero attached hydrogens (tertiary/aromatic N) is 1. The average molecular weight is 412 g/mol. The maximum absolute atomic E-state index is 11.5. The highest BCUT2D eigenvalue weighted by molar-refractivity contribution is 9.10. The van der Waals surface area contributed by atoms with Gasteiger partial charge in [0.05, 0.1) is 23.2 Å². The zero-order valence-corrected chi connectivity index (χ0v) is 15.1. The van der Waals surface area contributed by atoms with E-state index in [-0.39, 0.29) is 0 Å². The Kier molecular flexibility index (Phi) is 5.16. The van der Waals surface area contributed by atoms with Gasteiger partial charge in [0.2, 0.25) is 0 Å². The van der Waals surface area contributed by atoms with E-state index in [0.29, 0.717) is 36.2 Å². The van der Waals surface area contributed by atoms with Crippen LogP contribution < -0.4 is 20.1 Å². The third-order valence-corrected chi connectivity index (χ3v) is 4.55. The number of nitrogens with two attached hydrogens (primary N) is 1. The summed E-state index contributed by atoms with van der Waals surface area (Å²) in [4.78, 5) is 13.5. The molecule has 1 atom stereocenters. The molecule has 2 aromatic rings. The van der Waals surface area contributed by atoms with Gasteiger partial charge in [-0.2, -0.15) is 0 Å². The van der Waals surface area contributed by atoms with Crippen LogP contribution in [0.5, 0.6) is 11.5 Å². The number of para-hydroxylation sites is 2. The van der Waals surface area contributed by atoms with Gasteiger partial charge in [0.15, 0.2) is 6.10 Å². The van der Waals surface area contributed by atoms with Crippen LogP contribution in [0.3, 0.4) is 0 Å². The molecule has 0 spiro atoms. The number of fused-ring (bicyclic) bond motifs is 1. The molecule has 1 amide bonds. The molecule has 0 aromatic heterocycles. The summed E-state index contributed by atoms with van der Waals surface area (Å²) in [5.74, 6) is 0.892. The second-order valence-electron chi connectivity index (χ2n) is 5.35. The van der Waals surface area contributed by atoms with Crippen molar-refractivity contribution in [2.24, 2.45) is 5.73 Å². The van der Waals surface area contributed by atoms with Crippen molar-refractivity contribution in [1.82, 2.24) is 0 Å². The van der Waals surface area contributed by atoms with Crippen LogP contribution in [-0.4, -0.2) is 31.7 Å². The van der Waals surface area contributed by atoms with E-state index < -0.39 is 12.0 Å². The Labute approximate surface area is 153 Å². The SMILES string of the molecule is NC(=O)[C@@H]1CN(CCOc2ccc(Cl)cc2Br)c2ccccc2O1. The molecule has 3 rings (SSSR count). The zero-order valence-electron chi connectivity index (χ0n) is 12.7. The van der Waals surface area contributed by atoms with Crippen molar-refractivity contribution in [2.45, 2.75) is 6.10 Å². The molecule has 2 N–H and O–H groups in total. The minimum absolute atomic E-state index is 0.400. The largest absolute Gasteiger partial charge is 0.491 e. The van der Waals surface area contributed by atoms with Crippen LogP contribution in [0.15, 0.2) is 46.9 Å². The van der Waals surface area contributed by atoms with E-state index in [4.69, 9.17) is 26.8 Å². The van der Waals surface area contributed by atoms with Gasteiger partial charge >= 0.3 is 0 Å². The first kappa shape index (κ1) is 16.9. The van der Waals surface area contributed by atoms with E-state index in [1.165, 1.54) is 0 Å². The van der Waals surface area contributed by atoms with Crippen LogP contribution in [-0.2, 0) is 4.79 Å². The Balaban J connectivity index is 1.68. The number of halogens is 2. The lowest BCUT2D eigenvalue weighted by molar-refractivity contribution is -0.124. The van der Waals surface area contributed by atoms with Gasteiger partial charge in [0.1, 0.15) is 18.1 Å². The summed E-state index contributed by atoms with van der Waals surface area (Å²) in [6.45, 7) is 1.44. The summed E-state index contributed by atoms with van der Waals surface area (Å²) in [6, 6.07) is 12.9. The number of carbonyl (C=O) groups excluding carboxylic acids is 1. The van der Waals surface area contributed by atoms with Crippen molar-refractivity contribution in [2.75, 3.05) is 24.6 Å². The topological polar surface area (TPSA) is 64.8 Å².